The van der Waals surface area contributed by atoms with Gasteiger partial charge in [0.1, 0.15) is 17.2 Å². The number of hydrogen-bond donors (Lipinski definition) is 1. The molecule has 0 unspecified atom stereocenters. The number of nitrogens with zero attached hydrogens (tertiary/aromatic N) is 2. The molecular weight excluding hydrogens is 234 g/mol. The lowest BCUT2D eigenvalue weighted by Gasteiger charge is -2.07. The van der Waals surface area contributed by atoms with E-state index in [0.717, 1.165) is 12.0 Å². The lowest BCUT2D eigenvalue weighted by molar-refractivity contribution is 0.912. The van der Waals surface area contributed by atoms with Gasteiger partial charge in [0, 0.05) is 5.56 Å². The molecule has 17 heavy (non-hydrogen) atoms. The van der Waals surface area contributed by atoms with Gasteiger partial charge in [-0.2, -0.15) is 0 Å². The first-order chi connectivity index (χ1) is 8.25. The summed E-state index contributed by atoms with van der Waals surface area (Å²) in [6, 6.07) is 6.38. The van der Waals surface area contributed by atoms with Crippen LogP contribution in [0.1, 0.15) is 17.5 Å². The minimum absolute atomic E-state index is 0.331. The number of aromatic nitrogens is 2. The molecule has 2 N–H and O–H groups in total. The predicted molar refractivity (Wildman–Crippen MR) is 68.9 cm³/mol. The summed E-state index contributed by atoms with van der Waals surface area (Å²) in [5.41, 5.74) is 10.3. The number of anilines is 1. The van der Waals surface area contributed by atoms with Crippen molar-refractivity contribution in [2.24, 2.45) is 0 Å². The van der Waals surface area contributed by atoms with Crippen LogP contribution in [0.25, 0.3) is 11.3 Å². The summed E-state index contributed by atoms with van der Waals surface area (Å²) in [4.78, 5) is 8.08. The van der Waals surface area contributed by atoms with Crippen molar-refractivity contribution < 1.29 is 0 Å². The lowest BCUT2D eigenvalue weighted by atomic mass is 10.0. The Bertz CT molecular complexity index is 581. The van der Waals surface area contributed by atoms with Crippen LogP contribution in [-0.2, 0) is 12.8 Å². The van der Waals surface area contributed by atoms with Crippen LogP contribution in [0.5, 0.6) is 0 Å². The maximum atomic E-state index is 6.13. The molecule has 0 saturated heterocycles. The lowest BCUT2D eigenvalue weighted by Crippen LogP contribution is -1.96. The number of benzene rings is 1. The Labute approximate surface area is 105 Å². The van der Waals surface area contributed by atoms with Gasteiger partial charge in [0.2, 0.25) is 0 Å². The van der Waals surface area contributed by atoms with Gasteiger partial charge in [-0.05, 0) is 36.5 Å². The molecule has 2 aromatic rings. The molecule has 3 nitrogen and oxygen atoms in total. The maximum absolute atomic E-state index is 6.13. The summed E-state index contributed by atoms with van der Waals surface area (Å²) < 4.78 is 0. The first kappa shape index (κ1) is 10.5. The van der Waals surface area contributed by atoms with E-state index in [1.807, 2.05) is 0 Å². The van der Waals surface area contributed by atoms with E-state index < -0.39 is 0 Å². The Kier molecular flexibility index (Phi) is 2.48. The fourth-order valence-electron chi connectivity index (χ4n) is 2.30. The van der Waals surface area contributed by atoms with E-state index in [1.54, 1.807) is 0 Å². The molecule has 0 bridgehead atoms. The number of rotatable bonds is 1. The van der Waals surface area contributed by atoms with Gasteiger partial charge in [-0.15, -0.1) is 0 Å². The first-order valence-corrected chi connectivity index (χ1v) is 6.01. The second-order valence-corrected chi connectivity index (χ2v) is 4.64. The highest BCUT2D eigenvalue weighted by Gasteiger charge is 2.14. The molecule has 1 heterocycles. The molecule has 0 saturated carbocycles. The minimum Gasteiger partial charge on any atom is -0.382 e. The quantitative estimate of drug-likeness (QED) is 0.841. The van der Waals surface area contributed by atoms with Gasteiger partial charge in [-0.1, -0.05) is 23.7 Å². The number of fused-ring (bicyclic) bond motifs is 1. The van der Waals surface area contributed by atoms with E-state index in [4.69, 9.17) is 17.3 Å². The fraction of sp³-hybridized carbons (Fsp3) is 0.231. The molecule has 1 aromatic heterocycles. The molecule has 0 spiro atoms. The van der Waals surface area contributed by atoms with E-state index in [1.165, 1.54) is 30.3 Å². The van der Waals surface area contributed by atoms with Crippen molar-refractivity contribution in [1.29, 1.82) is 0 Å². The van der Waals surface area contributed by atoms with Crippen LogP contribution in [-0.4, -0.2) is 9.97 Å². The van der Waals surface area contributed by atoms with Gasteiger partial charge in [0.25, 0.3) is 0 Å². The Morgan fingerprint density at radius 3 is 2.82 bits per heavy atom. The monoisotopic (exact) mass is 245 g/mol. The van der Waals surface area contributed by atoms with Gasteiger partial charge in [0.15, 0.2) is 0 Å². The van der Waals surface area contributed by atoms with Crippen molar-refractivity contribution in [3.05, 3.63) is 40.7 Å². The third kappa shape index (κ3) is 1.76. The van der Waals surface area contributed by atoms with Crippen LogP contribution >= 0.6 is 11.6 Å². The van der Waals surface area contributed by atoms with E-state index in [0.29, 0.717) is 16.5 Å². The maximum Gasteiger partial charge on any atom is 0.146 e. The predicted octanol–water partition coefficient (Wildman–Crippen LogP) is 2.87. The summed E-state index contributed by atoms with van der Waals surface area (Å²) in [5, 5.41) is 0.436. The van der Waals surface area contributed by atoms with Crippen LogP contribution < -0.4 is 5.73 Å². The van der Waals surface area contributed by atoms with Crippen molar-refractivity contribution >= 4 is 17.4 Å². The van der Waals surface area contributed by atoms with Crippen LogP contribution in [0.15, 0.2) is 24.5 Å². The van der Waals surface area contributed by atoms with Crippen molar-refractivity contribution in [2.75, 3.05) is 5.73 Å². The molecule has 0 amide bonds. The molecule has 1 aromatic carbocycles. The molecule has 1 aliphatic carbocycles. The fourth-order valence-corrected chi connectivity index (χ4v) is 2.51. The first-order valence-electron chi connectivity index (χ1n) is 5.64. The SMILES string of the molecule is Nc1ncnc(-c2ccc3c(c2)CCC3)c1Cl. The number of nitrogens with two attached hydrogens (primary N) is 1. The van der Waals surface area contributed by atoms with Crippen molar-refractivity contribution in [2.45, 2.75) is 19.3 Å². The van der Waals surface area contributed by atoms with Gasteiger partial charge in [-0.25, -0.2) is 9.97 Å². The highest BCUT2D eigenvalue weighted by molar-refractivity contribution is 6.35. The third-order valence-electron chi connectivity index (χ3n) is 3.19. The summed E-state index contributed by atoms with van der Waals surface area (Å²) in [5.74, 6) is 0.331. The molecule has 0 radical (unpaired) electrons. The number of halogens is 1. The van der Waals surface area contributed by atoms with E-state index >= 15 is 0 Å². The standard InChI is InChI=1S/C13H12ClN3/c14-11-12(16-7-17-13(11)15)10-5-4-8-2-1-3-9(8)6-10/h4-7H,1-3H2,(H2,15,16,17). The summed E-state index contributed by atoms with van der Waals surface area (Å²) in [7, 11) is 0. The summed E-state index contributed by atoms with van der Waals surface area (Å²) >= 11 is 6.13. The second-order valence-electron chi connectivity index (χ2n) is 4.26. The molecule has 4 heteroatoms. The highest BCUT2D eigenvalue weighted by Crippen LogP contribution is 2.32. The highest BCUT2D eigenvalue weighted by atomic mass is 35.5. The van der Waals surface area contributed by atoms with E-state index in [-0.39, 0.29) is 0 Å². The van der Waals surface area contributed by atoms with Gasteiger partial charge in [0.05, 0.1) is 5.69 Å². The third-order valence-corrected chi connectivity index (χ3v) is 3.56. The van der Waals surface area contributed by atoms with Crippen LogP contribution in [0.2, 0.25) is 5.02 Å². The molecule has 86 valence electrons. The summed E-state index contributed by atoms with van der Waals surface area (Å²) in [6.07, 6.45) is 5.00. The zero-order chi connectivity index (χ0) is 11.8. The van der Waals surface area contributed by atoms with Crippen molar-refractivity contribution in [1.82, 2.24) is 9.97 Å². The van der Waals surface area contributed by atoms with Crippen molar-refractivity contribution in [3.63, 3.8) is 0 Å². The van der Waals surface area contributed by atoms with E-state index in [9.17, 15) is 0 Å². The topological polar surface area (TPSA) is 51.8 Å². The number of nitrogen functional groups attached to an aromatic ring is 1. The summed E-state index contributed by atoms with van der Waals surface area (Å²) in [6.45, 7) is 0. The van der Waals surface area contributed by atoms with Crippen LogP contribution in [0.3, 0.4) is 0 Å². The Morgan fingerprint density at radius 1 is 1.12 bits per heavy atom. The van der Waals surface area contributed by atoms with Gasteiger partial charge < -0.3 is 5.73 Å². The molecule has 0 atom stereocenters. The molecule has 0 fully saturated rings. The molecule has 0 aliphatic heterocycles. The van der Waals surface area contributed by atoms with Crippen LogP contribution in [0.4, 0.5) is 5.82 Å². The Balaban J connectivity index is 2.13. The largest absolute Gasteiger partial charge is 0.382 e. The second kappa shape index (κ2) is 4.00. The van der Waals surface area contributed by atoms with Crippen LogP contribution in [0, 0.1) is 0 Å². The zero-order valence-electron chi connectivity index (χ0n) is 9.28. The number of aryl methyl sites for hydroxylation is 2. The van der Waals surface area contributed by atoms with Crippen molar-refractivity contribution in [3.8, 4) is 11.3 Å². The van der Waals surface area contributed by atoms with Gasteiger partial charge in [-0.3, -0.25) is 0 Å². The van der Waals surface area contributed by atoms with Gasteiger partial charge >= 0.3 is 0 Å². The Morgan fingerprint density at radius 2 is 1.94 bits per heavy atom. The minimum atomic E-state index is 0.331. The average Bonchev–Trinajstić information content (AvgIpc) is 2.79. The Hall–Kier alpha value is -1.61. The normalized spacial score (nSPS) is 13.7. The smallest absolute Gasteiger partial charge is 0.146 e. The molecule has 3 rings (SSSR count). The number of hydrogen-bond acceptors (Lipinski definition) is 3. The van der Waals surface area contributed by atoms with E-state index in [2.05, 4.69) is 28.2 Å². The molecular formula is C13H12ClN3. The molecule has 1 aliphatic rings. The average molecular weight is 246 g/mol. The zero-order valence-corrected chi connectivity index (χ0v) is 10.0.